The molecule has 1 aromatic carbocycles. The molecule has 2 N–H and O–H groups in total. The van der Waals surface area contributed by atoms with E-state index in [0.717, 1.165) is 16.3 Å². The number of benzene rings is 1. The number of hydrogen-bond donors (Lipinski definition) is 2. The van der Waals surface area contributed by atoms with Crippen LogP contribution in [0.4, 0.5) is 0 Å². The molecule has 0 fully saturated rings. The van der Waals surface area contributed by atoms with Crippen molar-refractivity contribution in [3.05, 3.63) is 48.0 Å². The van der Waals surface area contributed by atoms with Crippen LogP contribution in [0.5, 0.6) is 0 Å². The maximum atomic E-state index is 9.16. The molecule has 2 aromatic heterocycles. The van der Waals surface area contributed by atoms with Crippen molar-refractivity contribution in [1.82, 2.24) is 15.0 Å². The average Bonchev–Trinajstić information content (AvgIpc) is 3.09. The molecule has 3 aromatic rings. The molecule has 0 radical (unpaired) electrons. The molecule has 7 heteroatoms. The molecule has 0 atom stereocenters. The van der Waals surface area contributed by atoms with Crippen molar-refractivity contribution >= 4 is 23.9 Å². The van der Waals surface area contributed by atoms with Crippen molar-refractivity contribution in [3.8, 4) is 16.3 Å². The van der Waals surface area contributed by atoms with Crippen LogP contribution in [-0.2, 0) is 0 Å². The smallest absolute Gasteiger partial charge is 0.423 e. The summed E-state index contributed by atoms with van der Waals surface area (Å²) >= 11 is 1.60. The normalized spacial score (nSPS) is 10.6. The van der Waals surface area contributed by atoms with Gasteiger partial charge in [0.05, 0.1) is 16.8 Å². The molecule has 0 saturated heterocycles. The van der Waals surface area contributed by atoms with Crippen LogP contribution in [0.2, 0.25) is 0 Å². The fourth-order valence-corrected chi connectivity index (χ4v) is 2.43. The second-order valence-corrected chi connectivity index (χ2v) is 4.94. The van der Waals surface area contributed by atoms with E-state index in [1.54, 1.807) is 34.2 Å². The van der Waals surface area contributed by atoms with Crippen LogP contribution in [0.1, 0.15) is 0 Å². The van der Waals surface area contributed by atoms with E-state index < -0.39 is 7.12 Å². The summed E-state index contributed by atoms with van der Waals surface area (Å²) in [6.07, 6.45) is 1.81. The Kier molecular flexibility index (Phi) is 3.16. The lowest BCUT2D eigenvalue weighted by Gasteiger charge is -2.03. The Labute approximate surface area is 113 Å². The minimum atomic E-state index is -1.49. The third-order valence-electron chi connectivity index (χ3n) is 2.70. The summed E-state index contributed by atoms with van der Waals surface area (Å²) in [6, 6.07) is 10.8. The number of rotatable bonds is 3. The molecule has 19 heavy (non-hydrogen) atoms. The van der Waals surface area contributed by atoms with Gasteiger partial charge in [-0.2, -0.15) is 0 Å². The zero-order valence-corrected chi connectivity index (χ0v) is 10.7. The molecule has 0 bridgehead atoms. The van der Waals surface area contributed by atoms with Crippen LogP contribution in [0, 0.1) is 0 Å². The first-order valence-corrected chi connectivity index (χ1v) is 6.55. The van der Waals surface area contributed by atoms with Gasteiger partial charge in [0.1, 0.15) is 5.69 Å². The molecule has 2 heterocycles. The van der Waals surface area contributed by atoms with Crippen molar-refractivity contribution in [2.24, 2.45) is 0 Å². The Balaban J connectivity index is 1.97. The lowest BCUT2D eigenvalue weighted by Crippen LogP contribution is -2.29. The van der Waals surface area contributed by atoms with Gasteiger partial charge in [-0.1, -0.05) is 23.4 Å². The van der Waals surface area contributed by atoms with Crippen molar-refractivity contribution in [1.29, 1.82) is 0 Å². The number of nitrogens with zero attached hydrogens (tertiary/aromatic N) is 3. The van der Waals surface area contributed by atoms with Crippen molar-refractivity contribution in [3.63, 3.8) is 0 Å². The van der Waals surface area contributed by atoms with Gasteiger partial charge in [-0.25, -0.2) is 4.68 Å². The highest BCUT2D eigenvalue weighted by atomic mass is 32.1. The first-order valence-electron chi connectivity index (χ1n) is 5.67. The van der Waals surface area contributed by atoms with Gasteiger partial charge in [-0.3, -0.25) is 0 Å². The molecule has 0 spiro atoms. The molecule has 0 aliphatic rings. The van der Waals surface area contributed by atoms with Crippen molar-refractivity contribution in [2.75, 3.05) is 0 Å². The summed E-state index contributed by atoms with van der Waals surface area (Å²) in [5.74, 6) is 0. The highest BCUT2D eigenvalue weighted by Crippen LogP contribution is 2.22. The number of thiophene rings is 1. The summed E-state index contributed by atoms with van der Waals surface area (Å²) in [5, 5.41) is 28.5. The third kappa shape index (κ3) is 2.44. The molecule has 3 rings (SSSR count). The maximum absolute atomic E-state index is 9.16. The van der Waals surface area contributed by atoms with Gasteiger partial charge in [0, 0.05) is 0 Å². The van der Waals surface area contributed by atoms with E-state index in [9.17, 15) is 0 Å². The molecule has 94 valence electrons. The Hall–Kier alpha value is -1.96. The standard InChI is InChI=1S/C12H10BN3O2S/c17-13(18)9-3-1-4-10(7-9)16-8-11(14-15-16)12-5-2-6-19-12/h1-8,17-18H. The van der Waals surface area contributed by atoms with E-state index in [1.807, 2.05) is 29.8 Å². The molecule has 0 unspecified atom stereocenters. The zero-order chi connectivity index (χ0) is 13.2. The van der Waals surface area contributed by atoms with Crippen LogP contribution < -0.4 is 5.46 Å². The second kappa shape index (κ2) is 4.97. The molecule has 0 amide bonds. The van der Waals surface area contributed by atoms with Crippen LogP contribution >= 0.6 is 11.3 Å². The minimum Gasteiger partial charge on any atom is -0.423 e. The Morgan fingerprint density at radius 1 is 1.16 bits per heavy atom. The minimum absolute atomic E-state index is 0.422. The molecule has 5 nitrogen and oxygen atoms in total. The van der Waals surface area contributed by atoms with Gasteiger partial charge in [0.2, 0.25) is 0 Å². The molecular weight excluding hydrogens is 261 g/mol. The van der Waals surface area contributed by atoms with Crippen LogP contribution in [0.15, 0.2) is 48.0 Å². The Morgan fingerprint density at radius 2 is 2.05 bits per heavy atom. The Bertz CT molecular complexity index is 682. The monoisotopic (exact) mass is 271 g/mol. The van der Waals surface area contributed by atoms with Crippen LogP contribution in [0.25, 0.3) is 16.3 Å². The summed E-state index contributed by atoms with van der Waals surface area (Å²) in [6.45, 7) is 0. The fourth-order valence-electron chi connectivity index (χ4n) is 1.76. The van der Waals surface area contributed by atoms with Gasteiger partial charge >= 0.3 is 7.12 Å². The lowest BCUT2D eigenvalue weighted by molar-refractivity contribution is 0.425. The van der Waals surface area contributed by atoms with E-state index in [0.29, 0.717) is 5.46 Å². The fraction of sp³-hybridized carbons (Fsp3) is 0. The van der Waals surface area contributed by atoms with E-state index >= 15 is 0 Å². The third-order valence-corrected chi connectivity index (χ3v) is 3.59. The van der Waals surface area contributed by atoms with Crippen LogP contribution in [0.3, 0.4) is 0 Å². The van der Waals surface area contributed by atoms with E-state index in [-0.39, 0.29) is 0 Å². The number of aromatic nitrogens is 3. The first kappa shape index (κ1) is 12.1. The summed E-state index contributed by atoms with van der Waals surface area (Å²) in [4.78, 5) is 1.05. The van der Waals surface area contributed by atoms with Crippen molar-refractivity contribution < 1.29 is 10.0 Å². The summed E-state index contributed by atoms with van der Waals surface area (Å²) in [7, 11) is -1.49. The molecular formula is C12H10BN3O2S. The van der Waals surface area contributed by atoms with Crippen molar-refractivity contribution in [2.45, 2.75) is 0 Å². The topological polar surface area (TPSA) is 71.2 Å². The highest BCUT2D eigenvalue weighted by Gasteiger charge is 2.12. The summed E-state index contributed by atoms with van der Waals surface area (Å²) in [5.41, 5.74) is 1.96. The molecule has 0 saturated carbocycles. The Morgan fingerprint density at radius 3 is 2.79 bits per heavy atom. The molecule has 0 aliphatic heterocycles. The van der Waals surface area contributed by atoms with Gasteiger partial charge in [-0.05, 0) is 29.0 Å². The largest absolute Gasteiger partial charge is 0.488 e. The zero-order valence-electron chi connectivity index (χ0n) is 9.84. The summed E-state index contributed by atoms with van der Waals surface area (Å²) < 4.78 is 1.61. The van der Waals surface area contributed by atoms with Gasteiger partial charge in [0.15, 0.2) is 0 Å². The quantitative estimate of drug-likeness (QED) is 0.687. The highest BCUT2D eigenvalue weighted by molar-refractivity contribution is 7.13. The second-order valence-electron chi connectivity index (χ2n) is 3.99. The maximum Gasteiger partial charge on any atom is 0.488 e. The predicted molar refractivity (Wildman–Crippen MR) is 74.5 cm³/mol. The number of hydrogen-bond acceptors (Lipinski definition) is 5. The van der Waals surface area contributed by atoms with E-state index in [4.69, 9.17) is 10.0 Å². The lowest BCUT2D eigenvalue weighted by atomic mass is 9.80. The van der Waals surface area contributed by atoms with E-state index in [2.05, 4.69) is 10.3 Å². The van der Waals surface area contributed by atoms with Gasteiger partial charge < -0.3 is 10.0 Å². The van der Waals surface area contributed by atoms with Crippen LogP contribution in [-0.4, -0.2) is 32.2 Å². The average molecular weight is 271 g/mol. The molecule has 0 aliphatic carbocycles. The van der Waals surface area contributed by atoms with E-state index in [1.165, 1.54) is 0 Å². The predicted octanol–water partition coefficient (Wildman–Crippen LogP) is 0.676. The first-order chi connectivity index (χ1) is 9.24. The SMILES string of the molecule is OB(O)c1cccc(-n2cc(-c3cccs3)nn2)c1. The van der Waals surface area contributed by atoms with Gasteiger partial charge in [0.25, 0.3) is 0 Å². The van der Waals surface area contributed by atoms with Gasteiger partial charge in [-0.15, -0.1) is 16.4 Å².